The first-order valence-electron chi connectivity index (χ1n) is 6.97. The Hall–Kier alpha value is -1.89. The fourth-order valence-electron chi connectivity index (χ4n) is 2.67. The van der Waals surface area contributed by atoms with Gasteiger partial charge in [0.05, 0.1) is 16.5 Å². The molecule has 0 aliphatic heterocycles. The molecule has 21 heavy (non-hydrogen) atoms. The van der Waals surface area contributed by atoms with Crippen molar-refractivity contribution in [3.8, 4) is 12.1 Å². The molecule has 0 bridgehead atoms. The molecule has 0 heterocycles. The zero-order valence-corrected chi connectivity index (χ0v) is 12.5. The van der Waals surface area contributed by atoms with E-state index in [1.165, 1.54) is 12.1 Å². The molecule has 0 atom stereocenters. The summed E-state index contributed by atoms with van der Waals surface area (Å²) in [6.07, 6.45) is 4.71. The highest BCUT2D eigenvalue weighted by Gasteiger charge is 2.36. The van der Waals surface area contributed by atoms with Crippen molar-refractivity contribution >= 4 is 10.0 Å². The Balaban J connectivity index is 2.36. The van der Waals surface area contributed by atoms with Gasteiger partial charge in [0.1, 0.15) is 11.6 Å². The van der Waals surface area contributed by atoms with Crippen molar-refractivity contribution in [1.29, 1.82) is 10.5 Å². The number of nitrogens with one attached hydrogen (secondary N) is 1. The van der Waals surface area contributed by atoms with E-state index in [4.69, 9.17) is 5.26 Å². The topological polar surface area (TPSA) is 93.8 Å². The minimum atomic E-state index is -3.88. The van der Waals surface area contributed by atoms with E-state index in [0.717, 1.165) is 25.7 Å². The van der Waals surface area contributed by atoms with Crippen LogP contribution in [0.3, 0.4) is 0 Å². The molecular formula is C15H17N3O2S. The van der Waals surface area contributed by atoms with Crippen LogP contribution in [-0.4, -0.2) is 14.0 Å². The van der Waals surface area contributed by atoms with Gasteiger partial charge < -0.3 is 0 Å². The average molecular weight is 303 g/mol. The lowest BCUT2D eigenvalue weighted by Crippen LogP contribution is -2.47. The molecule has 1 fully saturated rings. The number of hydrogen-bond donors (Lipinski definition) is 1. The molecule has 0 radical (unpaired) electrons. The normalized spacial score (nSPS) is 18.2. The van der Waals surface area contributed by atoms with Gasteiger partial charge in [0, 0.05) is 0 Å². The summed E-state index contributed by atoms with van der Waals surface area (Å²) >= 11 is 0. The molecular weight excluding hydrogens is 286 g/mol. The lowest BCUT2D eigenvalue weighted by atomic mass is 9.94. The molecule has 0 unspecified atom stereocenters. The molecule has 110 valence electrons. The van der Waals surface area contributed by atoms with Crippen LogP contribution in [0.1, 0.15) is 44.1 Å². The second-order valence-corrected chi connectivity index (χ2v) is 6.97. The van der Waals surface area contributed by atoms with E-state index in [0.29, 0.717) is 12.8 Å². The van der Waals surface area contributed by atoms with Crippen molar-refractivity contribution in [2.75, 3.05) is 0 Å². The third-order valence-electron chi connectivity index (χ3n) is 3.80. The number of nitrogens with zero attached hydrogens (tertiary/aromatic N) is 2. The largest absolute Gasteiger partial charge is 0.243 e. The minimum absolute atomic E-state index is 0.0635. The molecule has 1 aliphatic carbocycles. The van der Waals surface area contributed by atoms with Crippen LogP contribution in [-0.2, 0) is 10.0 Å². The van der Waals surface area contributed by atoms with E-state index in [1.54, 1.807) is 12.1 Å². The van der Waals surface area contributed by atoms with Gasteiger partial charge in [-0.2, -0.15) is 15.2 Å². The summed E-state index contributed by atoms with van der Waals surface area (Å²) in [4.78, 5) is -0.0635. The highest BCUT2D eigenvalue weighted by Crippen LogP contribution is 2.29. The first kappa shape index (κ1) is 15.5. The average Bonchev–Trinajstić information content (AvgIpc) is 2.73. The zero-order chi connectivity index (χ0) is 15.3. The van der Waals surface area contributed by atoms with Crippen LogP contribution in [0.25, 0.3) is 0 Å². The molecule has 1 aromatic rings. The third-order valence-corrected chi connectivity index (χ3v) is 5.39. The molecule has 0 spiro atoms. The third kappa shape index (κ3) is 3.41. The summed E-state index contributed by atoms with van der Waals surface area (Å²) in [5, 5.41) is 18.5. The Kier molecular flexibility index (Phi) is 4.62. The maximum Gasteiger partial charge on any atom is 0.243 e. The lowest BCUT2D eigenvalue weighted by molar-refractivity contribution is 0.422. The van der Waals surface area contributed by atoms with Crippen LogP contribution in [0.15, 0.2) is 29.2 Å². The Morgan fingerprint density at radius 1 is 1.05 bits per heavy atom. The van der Waals surface area contributed by atoms with Crippen molar-refractivity contribution in [3.63, 3.8) is 0 Å². The van der Waals surface area contributed by atoms with Gasteiger partial charge in [0.2, 0.25) is 10.0 Å². The fourth-order valence-corrected chi connectivity index (χ4v) is 4.21. The summed E-state index contributed by atoms with van der Waals surface area (Å²) in [7, 11) is -3.88. The first-order chi connectivity index (χ1) is 10.0. The summed E-state index contributed by atoms with van der Waals surface area (Å²) in [5.74, 6) is 0. The molecule has 2 rings (SSSR count). The van der Waals surface area contributed by atoms with Gasteiger partial charge in [-0.05, 0) is 25.0 Å². The summed E-state index contributed by atoms with van der Waals surface area (Å²) in [5.41, 5.74) is -0.968. The SMILES string of the molecule is N#Cc1ccccc1S(=O)(=O)NC1(C#N)CCCCCC1. The van der Waals surface area contributed by atoms with Crippen LogP contribution in [0.5, 0.6) is 0 Å². The van der Waals surface area contributed by atoms with Gasteiger partial charge in [0.15, 0.2) is 0 Å². The monoisotopic (exact) mass is 303 g/mol. The summed E-state index contributed by atoms with van der Waals surface area (Å²) in [6, 6.07) is 10.1. The lowest BCUT2D eigenvalue weighted by Gasteiger charge is -2.26. The number of nitriles is 2. The maximum absolute atomic E-state index is 12.5. The van der Waals surface area contributed by atoms with Crippen molar-refractivity contribution in [3.05, 3.63) is 29.8 Å². The molecule has 6 heteroatoms. The van der Waals surface area contributed by atoms with Gasteiger partial charge in [0.25, 0.3) is 0 Å². The van der Waals surface area contributed by atoms with E-state index in [2.05, 4.69) is 10.8 Å². The molecule has 1 aromatic carbocycles. The quantitative estimate of drug-likeness (QED) is 0.868. The number of benzene rings is 1. The molecule has 1 N–H and O–H groups in total. The predicted octanol–water partition coefficient (Wildman–Crippen LogP) is 2.45. The second kappa shape index (κ2) is 6.26. The highest BCUT2D eigenvalue weighted by molar-refractivity contribution is 7.89. The molecule has 1 saturated carbocycles. The molecule has 0 saturated heterocycles. The van der Waals surface area contributed by atoms with Crippen molar-refractivity contribution in [1.82, 2.24) is 4.72 Å². The number of rotatable bonds is 3. The minimum Gasteiger partial charge on any atom is -0.207 e. The van der Waals surface area contributed by atoms with Crippen LogP contribution in [0.2, 0.25) is 0 Å². The predicted molar refractivity (Wildman–Crippen MR) is 77.5 cm³/mol. The zero-order valence-electron chi connectivity index (χ0n) is 11.7. The van der Waals surface area contributed by atoms with E-state index < -0.39 is 15.6 Å². The van der Waals surface area contributed by atoms with Crippen LogP contribution >= 0.6 is 0 Å². The van der Waals surface area contributed by atoms with Gasteiger partial charge in [-0.1, -0.05) is 37.8 Å². The smallest absolute Gasteiger partial charge is 0.207 e. The van der Waals surface area contributed by atoms with E-state index >= 15 is 0 Å². The Morgan fingerprint density at radius 2 is 1.67 bits per heavy atom. The summed E-state index contributed by atoms with van der Waals surface area (Å²) < 4.78 is 27.6. The van der Waals surface area contributed by atoms with Gasteiger partial charge >= 0.3 is 0 Å². The van der Waals surface area contributed by atoms with Crippen molar-refractivity contribution in [2.45, 2.75) is 49.0 Å². The fraction of sp³-hybridized carbons (Fsp3) is 0.467. The Bertz CT molecular complexity index is 690. The highest BCUT2D eigenvalue weighted by atomic mass is 32.2. The van der Waals surface area contributed by atoms with Crippen molar-refractivity contribution in [2.24, 2.45) is 0 Å². The van der Waals surface area contributed by atoms with Crippen LogP contribution in [0, 0.1) is 22.7 Å². The van der Waals surface area contributed by atoms with E-state index in [1.807, 2.05) is 6.07 Å². The number of sulfonamides is 1. The molecule has 0 aromatic heterocycles. The Labute approximate surface area is 125 Å². The van der Waals surface area contributed by atoms with Gasteiger partial charge in [-0.15, -0.1) is 0 Å². The summed E-state index contributed by atoms with van der Waals surface area (Å²) in [6.45, 7) is 0. The molecule has 1 aliphatic rings. The van der Waals surface area contributed by atoms with Crippen LogP contribution in [0.4, 0.5) is 0 Å². The Morgan fingerprint density at radius 3 is 2.24 bits per heavy atom. The second-order valence-electron chi connectivity index (χ2n) is 5.32. The van der Waals surface area contributed by atoms with Gasteiger partial charge in [-0.25, -0.2) is 8.42 Å². The van der Waals surface area contributed by atoms with E-state index in [9.17, 15) is 13.7 Å². The van der Waals surface area contributed by atoms with Gasteiger partial charge in [-0.3, -0.25) is 0 Å². The first-order valence-corrected chi connectivity index (χ1v) is 8.46. The van der Waals surface area contributed by atoms with E-state index in [-0.39, 0.29) is 10.5 Å². The standard InChI is InChI=1S/C15H17N3O2S/c16-11-13-7-3-4-8-14(13)21(19,20)18-15(12-17)9-5-1-2-6-10-15/h3-4,7-8,18H,1-2,5-6,9-10H2. The van der Waals surface area contributed by atoms with Crippen molar-refractivity contribution < 1.29 is 8.42 Å². The molecule has 5 nitrogen and oxygen atoms in total. The molecule has 0 amide bonds. The van der Waals surface area contributed by atoms with Crippen LogP contribution < -0.4 is 4.72 Å². The number of hydrogen-bond acceptors (Lipinski definition) is 4. The maximum atomic E-state index is 12.5.